The Balaban J connectivity index is 0.00000128. The van der Waals surface area contributed by atoms with Gasteiger partial charge in [-0.25, -0.2) is 0 Å². The summed E-state index contributed by atoms with van der Waals surface area (Å²) >= 11 is 0. The highest BCUT2D eigenvalue weighted by Crippen LogP contribution is 2.03. The average molecular weight is 243 g/mol. The van der Waals surface area contributed by atoms with Gasteiger partial charge < -0.3 is 9.64 Å². The topological polar surface area (TPSA) is 42.4 Å². The zero-order valence-electron chi connectivity index (χ0n) is 8.96. The Hall–Kier alpha value is -1.13. The van der Waals surface area contributed by atoms with E-state index in [1.165, 1.54) is 0 Å². The van der Waals surface area contributed by atoms with Crippen LogP contribution in [0.1, 0.15) is 5.56 Å². The first kappa shape index (κ1) is 12.9. The van der Waals surface area contributed by atoms with E-state index in [1.54, 1.807) is 12.4 Å². The number of carbonyl (C=O) groups excluding carboxylic acids is 1. The number of carbonyl (C=O) groups is 1. The van der Waals surface area contributed by atoms with Crippen molar-refractivity contribution in [1.82, 2.24) is 9.88 Å². The Labute approximate surface area is 101 Å². The van der Waals surface area contributed by atoms with Gasteiger partial charge in [-0.05, 0) is 17.7 Å². The van der Waals surface area contributed by atoms with Crippen LogP contribution >= 0.6 is 12.4 Å². The van der Waals surface area contributed by atoms with Crippen molar-refractivity contribution < 1.29 is 9.53 Å². The second kappa shape index (κ2) is 6.45. The van der Waals surface area contributed by atoms with Crippen molar-refractivity contribution in [2.45, 2.75) is 6.42 Å². The minimum Gasteiger partial charge on any atom is -0.378 e. The Bertz CT molecular complexity index is 326. The first-order valence-corrected chi connectivity index (χ1v) is 5.11. The fraction of sp³-hybridized carbons (Fsp3) is 0.455. The van der Waals surface area contributed by atoms with Crippen molar-refractivity contribution in [3.05, 3.63) is 30.1 Å². The molecule has 5 heteroatoms. The Kier molecular flexibility index (Phi) is 5.22. The van der Waals surface area contributed by atoms with Gasteiger partial charge in [0.25, 0.3) is 0 Å². The van der Waals surface area contributed by atoms with Crippen LogP contribution in [0.3, 0.4) is 0 Å². The first-order valence-electron chi connectivity index (χ1n) is 5.11. The van der Waals surface area contributed by atoms with Gasteiger partial charge in [-0.1, -0.05) is 0 Å². The minimum atomic E-state index is 0. The summed E-state index contributed by atoms with van der Waals surface area (Å²) in [6.45, 7) is 2.73. The third-order valence-corrected chi connectivity index (χ3v) is 2.47. The standard InChI is InChI=1S/C11H14N2O2.ClH/c14-11(13-5-7-15-8-6-13)9-10-1-3-12-4-2-10;/h1-4H,5-9H2;1H. The van der Waals surface area contributed by atoms with Crippen LogP contribution in [0.15, 0.2) is 24.5 Å². The molecule has 0 N–H and O–H groups in total. The lowest BCUT2D eigenvalue weighted by atomic mass is 10.2. The molecule has 1 aliphatic rings. The SMILES string of the molecule is Cl.O=C(Cc1ccncc1)N1CCOCC1. The molecule has 1 aromatic rings. The summed E-state index contributed by atoms with van der Waals surface area (Å²) in [7, 11) is 0. The largest absolute Gasteiger partial charge is 0.378 e. The van der Waals surface area contributed by atoms with Gasteiger partial charge in [-0.15, -0.1) is 12.4 Å². The van der Waals surface area contributed by atoms with Crippen LogP contribution < -0.4 is 0 Å². The normalized spacial score (nSPS) is 15.4. The quantitative estimate of drug-likeness (QED) is 0.774. The predicted octanol–water partition coefficient (Wildman–Crippen LogP) is 0.905. The van der Waals surface area contributed by atoms with Gasteiger partial charge in [0.2, 0.25) is 5.91 Å². The molecule has 2 heterocycles. The molecule has 4 nitrogen and oxygen atoms in total. The summed E-state index contributed by atoms with van der Waals surface area (Å²) in [5.41, 5.74) is 1.02. The maximum Gasteiger partial charge on any atom is 0.227 e. The first-order chi connectivity index (χ1) is 7.36. The van der Waals surface area contributed by atoms with Crippen LogP contribution in [-0.2, 0) is 16.0 Å². The van der Waals surface area contributed by atoms with Gasteiger partial charge in [0.05, 0.1) is 19.6 Å². The summed E-state index contributed by atoms with van der Waals surface area (Å²) in [6.07, 6.45) is 3.88. The summed E-state index contributed by atoms with van der Waals surface area (Å²) in [4.78, 5) is 17.6. The molecule has 1 fully saturated rings. The molecular formula is C11H15ClN2O2. The smallest absolute Gasteiger partial charge is 0.227 e. The van der Waals surface area contributed by atoms with Crippen molar-refractivity contribution >= 4 is 18.3 Å². The highest BCUT2D eigenvalue weighted by Gasteiger charge is 2.16. The number of pyridine rings is 1. The van der Waals surface area contributed by atoms with Gasteiger partial charge in [-0.2, -0.15) is 0 Å². The molecule has 0 radical (unpaired) electrons. The molecule has 88 valence electrons. The van der Waals surface area contributed by atoms with E-state index in [0.717, 1.165) is 5.56 Å². The van der Waals surface area contributed by atoms with Crippen LogP contribution in [0.5, 0.6) is 0 Å². The van der Waals surface area contributed by atoms with E-state index in [2.05, 4.69) is 4.98 Å². The number of morpholine rings is 1. The maximum atomic E-state index is 11.8. The molecule has 0 saturated carbocycles. The van der Waals surface area contributed by atoms with Gasteiger partial charge in [0.1, 0.15) is 0 Å². The number of halogens is 1. The van der Waals surface area contributed by atoms with Crippen LogP contribution in [0, 0.1) is 0 Å². The van der Waals surface area contributed by atoms with Crippen LogP contribution in [-0.4, -0.2) is 42.1 Å². The van der Waals surface area contributed by atoms with Gasteiger partial charge >= 0.3 is 0 Å². The highest BCUT2D eigenvalue weighted by molar-refractivity contribution is 5.85. The molecule has 16 heavy (non-hydrogen) atoms. The lowest BCUT2D eigenvalue weighted by molar-refractivity contribution is -0.134. The molecule has 0 spiro atoms. The summed E-state index contributed by atoms with van der Waals surface area (Å²) < 4.78 is 5.20. The second-order valence-corrected chi connectivity index (χ2v) is 3.53. The monoisotopic (exact) mass is 242 g/mol. The average Bonchev–Trinajstić information content (AvgIpc) is 2.31. The van der Waals surface area contributed by atoms with Crippen molar-refractivity contribution in [2.75, 3.05) is 26.3 Å². The van der Waals surface area contributed by atoms with Crippen molar-refractivity contribution in [1.29, 1.82) is 0 Å². The van der Waals surface area contributed by atoms with Gasteiger partial charge in [0.15, 0.2) is 0 Å². The molecule has 0 atom stereocenters. The van der Waals surface area contributed by atoms with E-state index in [-0.39, 0.29) is 18.3 Å². The summed E-state index contributed by atoms with van der Waals surface area (Å²) in [5.74, 6) is 0.171. The zero-order valence-corrected chi connectivity index (χ0v) is 9.78. The van der Waals surface area contributed by atoms with E-state index in [0.29, 0.717) is 32.7 Å². The number of amides is 1. The van der Waals surface area contributed by atoms with Gasteiger partial charge in [-0.3, -0.25) is 9.78 Å². The third-order valence-electron chi connectivity index (χ3n) is 2.47. The summed E-state index contributed by atoms with van der Waals surface area (Å²) in [5, 5.41) is 0. The van der Waals surface area contributed by atoms with Gasteiger partial charge in [0, 0.05) is 25.5 Å². The summed E-state index contributed by atoms with van der Waals surface area (Å²) in [6, 6.07) is 3.75. The second-order valence-electron chi connectivity index (χ2n) is 3.53. The Morgan fingerprint density at radius 3 is 2.56 bits per heavy atom. The Morgan fingerprint density at radius 2 is 1.94 bits per heavy atom. The molecule has 2 rings (SSSR count). The number of aromatic nitrogens is 1. The molecular weight excluding hydrogens is 228 g/mol. The van der Waals surface area contributed by atoms with E-state index < -0.39 is 0 Å². The molecule has 0 aromatic carbocycles. The van der Waals surface area contributed by atoms with Crippen molar-refractivity contribution in [2.24, 2.45) is 0 Å². The van der Waals surface area contributed by atoms with Crippen LogP contribution in [0.2, 0.25) is 0 Å². The van der Waals surface area contributed by atoms with Crippen LogP contribution in [0.4, 0.5) is 0 Å². The third kappa shape index (κ3) is 3.47. The number of hydrogen-bond donors (Lipinski definition) is 0. The Morgan fingerprint density at radius 1 is 1.31 bits per heavy atom. The molecule has 0 bridgehead atoms. The van der Waals surface area contributed by atoms with Crippen LogP contribution in [0.25, 0.3) is 0 Å². The van der Waals surface area contributed by atoms with E-state index in [9.17, 15) is 4.79 Å². The van der Waals surface area contributed by atoms with E-state index >= 15 is 0 Å². The lowest BCUT2D eigenvalue weighted by Gasteiger charge is -2.26. The molecule has 1 aliphatic heterocycles. The minimum absolute atomic E-state index is 0. The fourth-order valence-electron chi connectivity index (χ4n) is 1.60. The van der Waals surface area contributed by atoms with E-state index in [1.807, 2.05) is 17.0 Å². The number of hydrogen-bond acceptors (Lipinski definition) is 3. The molecule has 1 amide bonds. The molecule has 1 saturated heterocycles. The maximum absolute atomic E-state index is 11.8. The predicted molar refractivity (Wildman–Crippen MR) is 62.6 cm³/mol. The van der Waals surface area contributed by atoms with Crippen molar-refractivity contribution in [3.8, 4) is 0 Å². The molecule has 0 aliphatic carbocycles. The van der Waals surface area contributed by atoms with Crippen molar-refractivity contribution in [3.63, 3.8) is 0 Å². The number of ether oxygens (including phenoxy) is 1. The molecule has 0 unspecified atom stereocenters. The van der Waals surface area contributed by atoms with E-state index in [4.69, 9.17) is 4.74 Å². The lowest BCUT2D eigenvalue weighted by Crippen LogP contribution is -2.41. The number of nitrogens with zero attached hydrogens (tertiary/aromatic N) is 2. The molecule has 1 aromatic heterocycles. The zero-order chi connectivity index (χ0) is 10.5. The number of rotatable bonds is 2. The fourth-order valence-corrected chi connectivity index (χ4v) is 1.60. The highest BCUT2D eigenvalue weighted by atomic mass is 35.5.